The van der Waals surface area contributed by atoms with E-state index in [4.69, 9.17) is 9.97 Å². The van der Waals surface area contributed by atoms with Gasteiger partial charge in [-0.15, -0.1) is 29.5 Å². The number of ketones is 1. The summed E-state index contributed by atoms with van der Waals surface area (Å²) in [7, 11) is 0. The minimum atomic E-state index is -0.0448. The average molecular weight is 843 g/mol. The van der Waals surface area contributed by atoms with Gasteiger partial charge in [0.2, 0.25) is 0 Å². The number of allylic oxidation sites excluding steroid dienone is 2. The van der Waals surface area contributed by atoms with Crippen LogP contribution in [0.25, 0.3) is 42.5 Å². The van der Waals surface area contributed by atoms with E-state index < -0.39 is 0 Å². The maximum atomic E-state index is 11.7. The Morgan fingerprint density at radius 3 is 2.10 bits per heavy atom. The van der Waals surface area contributed by atoms with Crippen LogP contribution < -0.4 is 0 Å². The van der Waals surface area contributed by atoms with Gasteiger partial charge in [0.1, 0.15) is 6.33 Å². The van der Waals surface area contributed by atoms with Crippen molar-refractivity contribution >= 4 is 48.3 Å². The number of aliphatic hydroxyl groups excluding tert-OH is 1. The number of fused-ring (bicyclic) bond motifs is 4. The molecule has 5 rings (SSSR count). The second-order valence-corrected chi connectivity index (χ2v) is 15.7. The minimum absolute atomic E-state index is 0. The van der Waals surface area contributed by atoms with Crippen molar-refractivity contribution in [3.8, 4) is 11.3 Å². The number of nitrogens with zero attached hydrogens (tertiary/aromatic N) is 3. The first-order chi connectivity index (χ1) is 22.1. The van der Waals surface area contributed by atoms with Crippen molar-refractivity contribution < 1.29 is 30.0 Å². The van der Waals surface area contributed by atoms with Crippen molar-refractivity contribution in [2.45, 2.75) is 113 Å². The van der Waals surface area contributed by atoms with Gasteiger partial charge < -0.3 is 5.11 Å². The number of pyridine rings is 1. The molecule has 48 heavy (non-hydrogen) atoms. The summed E-state index contributed by atoms with van der Waals surface area (Å²) >= 11 is 1.77. The second kappa shape index (κ2) is 16.1. The zero-order chi connectivity index (χ0) is 34.7. The number of carbonyl (C=O) groups excluding carboxylic acids is 1. The van der Waals surface area contributed by atoms with Gasteiger partial charge in [0.15, 0.2) is 5.78 Å². The van der Waals surface area contributed by atoms with Gasteiger partial charge in [-0.1, -0.05) is 104 Å². The van der Waals surface area contributed by atoms with E-state index in [1.165, 1.54) is 27.3 Å². The largest absolute Gasteiger partial charge is 0.512 e. The van der Waals surface area contributed by atoms with Crippen LogP contribution >= 0.6 is 11.3 Å². The van der Waals surface area contributed by atoms with Gasteiger partial charge in [0.05, 0.1) is 11.3 Å². The van der Waals surface area contributed by atoms with Crippen molar-refractivity contribution in [2.24, 2.45) is 11.8 Å². The van der Waals surface area contributed by atoms with Crippen LogP contribution in [0.2, 0.25) is 0 Å². The molecule has 3 aromatic heterocycles. The summed E-state index contributed by atoms with van der Waals surface area (Å²) in [4.78, 5) is 26.0. The maximum Gasteiger partial charge on any atom is 0.162 e. The molecule has 0 atom stereocenters. The van der Waals surface area contributed by atoms with Crippen LogP contribution in [-0.2, 0) is 35.7 Å². The summed E-state index contributed by atoms with van der Waals surface area (Å²) in [5.74, 6) is 0.547. The monoisotopic (exact) mass is 843 g/mol. The average Bonchev–Trinajstić information content (AvgIpc) is 3.39. The molecular weight excluding hydrogens is 791 g/mol. The molecule has 0 bridgehead atoms. The van der Waals surface area contributed by atoms with Crippen LogP contribution in [0.3, 0.4) is 0 Å². The molecule has 3 heterocycles. The van der Waals surface area contributed by atoms with Crippen LogP contribution in [-0.4, -0.2) is 25.8 Å². The zero-order valence-corrected chi connectivity index (χ0v) is 33.8. The van der Waals surface area contributed by atoms with Crippen molar-refractivity contribution in [1.29, 1.82) is 0 Å². The Morgan fingerprint density at radius 1 is 0.875 bits per heavy atom. The normalized spacial score (nSPS) is 12.5. The fourth-order valence-corrected chi connectivity index (χ4v) is 7.17. The van der Waals surface area contributed by atoms with Gasteiger partial charge in [0, 0.05) is 69.7 Å². The molecule has 5 nitrogen and oxygen atoms in total. The van der Waals surface area contributed by atoms with Gasteiger partial charge in [-0.25, -0.2) is 4.98 Å². The number of hydrogen-bond donors (Lipinski definition) is 1. The molecule has 259 valence electrons. The second-order valence-electron chi connectivity index (χ2n) is 14.7. The topological polar surface area (TPSA) is 76.0 Å². The Morgan fingerprint density at radius 2 is 1.52 bits per heavy atom. The minimum Gasteiger partial charge on any atom is -0.512 e. The van der Waals surface area contributed by atoms with E-state index in [0.717, 1.165) is 63.8 Å². The molecule has 0 saturated heterocycles. The Kier molecular flexibility index (Phi) is 13.3. The Balaban J connectivity index is 0.000000334. The Hall–Kier alpha value is -2.99. The molecule has 0 fully saturated rings. The predicted molar refractivity (Wildman–Crippen MR) is 200 cm³/mol. The molecule has 0 spiro atoms. The van der Waals surface area contributed by atoms with Crippen LogP contribution in [0.5, 0.6) is 0 Å². The predicted octanol–water partition coefficient (Wildman–Crippen LogP) is 11.6. The smallest absolute Gasteiger partial charge is 0.162 e. The molecule has 2 aromatic carbocycles. The fraction of sp³-hybridized carbons (Fsp3) is 0.463. The molecule has 5 aromatic rings. The Bertz CT molecular complexity index is 1910. The number of carbonyl (C=O) groups is 1. The molecular formula is C41H52IrN3O2S-. The van der Waals surface area contributed by atoms with Crippen LogP contribution in [0.1, 0.15) is 112 Å². The third kappa shape index (κ3) is 8.77. The van der Waals surface area contributed by atoms with Gasteiger partial charge >= 0.3 is 0 Å². The first-order valence-electron chi connectivity index (χ1n) is 17.1. The number of aryl methyl sites for hydroxylation is 1. The van der Waals surface area contributed by atoms with Crippen LogP contribution in [0.15, 0.2) is 54.6 Å². The molecule has 0 saturated carbocycles. The number of aliphatic hydroxyl groups is 1. The van der Waals surface area contributed by atoms with Crippen molar-refractivity contribution in [3.63, 3.8) is 0 Å². The SMILES string of the molecule is CCC(CC)C(=O)/C=C(\O)C(CC)CC.Cc1ccc2[c-]c(-c3ncnc4c3sc3cc(C(C)(C)C)ccc34)cc(C(C)(C)C)c2n1.[Ir]. The van der Waals surface area contributed by atoms with Crippen molar-refractivity contribution in [3.05, 3.63) is 77.4 Å². The molecule has 0 unspecified atom stereocenters. The summed E-state index contributed by atoms with van der Waals surface area (Å²) in [5.41, 5.74) is 7.63. The summed E-state index contributed by atoms with van der Waals surface area (Å²) in [6, 6.07) is 16.8. The number of hydrogen-bond acceptors (Lipinski definition) is 6. The van der Waals surface area contributed by atoms with E-state index in [1.807, 2.05) is 34.6 Å². The quantitative estimate of drug-likeness (QED) is 0.0957. The number of aromatic nitrogens is 3. The van der Waals surface area contributed by atoms with E-state index in [-0.39, 0.29) is 54.3 Å². The first kappa shape index (κ1) is 39.4. The molecule has 0 aliphatic carbocycles. The molecule has 7 heteroatoms. The van der Waals surface area contributed by atoms with Gasteiger partial charge in [0.25, 0.3) is 0 Å². The summed E-state index contributed by atoms with van der Waals surface area (Å²) < 4.78 is 2.37. The molecule has 0 aliphatic heterocycles. The van der Waals surface area contributed by atoms with Gasteiger partial charge in [-0.2, -0.15) is 0 Å². The summed E-state index contributed by atoms with van der Waals surface area (Å²) in [6.45, 7) is 23.6. The fourth-order valence-electron chi connectivity index (χ4n) is 5.97. The third-order valence-corrected chi connectivity index (χ3v) is 10.3. The molecule has 0 aliphatic rings. The van der Waals surface area contributed by atoms with Crippen molar-refractivity contribution in [2.75, 3.05) is 0 Å². The van der Waals surface area contributed by atoms with Crippen LogP contribution in [0, 0.1) is 24.8 Å². The number of benzene rings is 2. The number of rotatable bonds is 8. The molecule has 1 N–H and O–H groups in total. The third-order valence-electron chi connectivity index (χ3n) is 9.11. The van der Waals surface area contributed by atoms with E-state index in [9.17, 15) is 9.90 Å². The molecule has 1 radical (unpaired) electrons. The summed E-state index contributed by atoms with van der Waals surface area (Å²) in [5, 5.41) is 12.0. The van der Waals surface area contributed by atoms with E-state index in [1.54, 1.807) is 17.7 Å². The van der Waals surface area contributed by atoms with Gasteiger partial charge in [-0.05, 0) is 55.1 Å². The van der Waals surface area contributed by atoms with Crippen molar-refractivity contribution in [1.82, 2.24) is 15.0 Å². The van der Waals surface area contributed by atoms with E-state index in [0.29, 0.717) is 0 Å². The molecule has 0 amide bonds. The number of thiophene rings is 1. The van der Waals surface area contributed by atoms with Crippen LogP contribution in [0.4, 0.5) is 0 Å². The standard InChI is InChI=1S/C28H28N3S.C13H24O2.Ir/c1-16-8-9-17-12-18(13-21(23(17)31-16)28(5,6)7)24-26-25(30-15-29-24)20-11-10-19(27(2,3)4)14-22(20)32-26;1-5-10(6-2)12(14)9-13(15)11(7-3)8-4;/h8-11,13-15H,1-7H3;9-11,14H,5-8H2,1-4H3;/q-1;;/b;12-9-;. The van der Waals surface area contributed by atoms with Gasteiger partial charge in [-0.3, -0.25) is 14.8 Å². The van der Waals surface area contributed by atoms with E-state index in [2.05, 4.69) is 89.0 Å². The summed E-state index contributed by atoms with van der Waals surface area (Å²) in [6.07, 6.45) is 6.59. The van der Waals surface area contributed by atoms with E-state index >= 15 is 0 Å². The Labute approximate surface area is 305 Å². The maximum absolute atomic E-state index is 11.7. The zero-order valence-electron chi connectivity index (χ0n) is 30.5. The first-order valence-corrected chi connectivity index (χ1v) is 17.9.